The summed E-state index contributed by atoms with van der Waals surface area (Å²) in [6.45, 7) is 9.90. The number of nitrogens with zero attached hydrogens (tertiary/aromatic N) is 4. The molecule has 0 saturated carbocycles. The van der Waals surface area contributed by atoms with Gasteiger partial charge >= 0.3 is 0 Å². The lowest BCUT2D eigenvalue weighted by molar-refractivity contribution is 0.299. The Morgan fingerprint density at radius 3 is 2.60 bits per heavy atom. The molecule has 1 aromatic heterocycles. The van der Waals surface area contributed by atoms with Crippen molar-refractivity contribution in [2.45, 2.75) is 26.8 Å². The molecule has 0 bridgehead atoms. The van der Waals surface area contributed by atoms with E-state index in [1.165, 1.54) is 0 Å². The third-order valence-corrected chi connectivity index (χ3v) is 3.50. The van der Waals surface area contributed by atoms with Crippen molar-refractivity contribution in [1.82, 2.24) is 20.0 Å². The molecule has 6 heteroatoms. The van der Waals surface area contributed by atoms with Gasteiger partial charge in [0.15, 0.2) is 0 Å². The van der Waals surface area contributed by atoms with Crippen LogP contribution in [0.5, 0.6) is 5.88 Å². The molecule has 0 aliphatic carbocycles. The summed E-state index contributed by atoms with van der Waals surface area (Å²) < 4.78 is 7.02. The van der Waals surface area contributed by atoms with E-state index in [9.17, 15) is 5.26 Å². The minimum atomic E-state index is -0.394. The van der Waals surface area contributed by atoms with Gasteiger partial charge in [-0.15, -0.1) is 0 Å². The molecule has 0 aliphatic rings. The zero-order valence-corrected chi connectivity index (χ0v) is 13.1. The van der Waals surface area contributed by atoms with E-state index >= 15 is 0 Å². The summed E-state index contributed by atoms with van der Waals surface area (Å²) in [7, 11) is 3.42. The van der Waals surface area contributed by atoms with E-state index in [0.717, 1.165) is 37.4 Å². The van der Waals surface area contributed by atoms with Crippen LogP contribution in [0.25, 0.3) is 0 Å². The van der Waals surface area contributed by atoms with E-state index in [4.69, 9.17) is 4.74 Å². The molecule has 1 atom stereocenters. The van der Waals surface area contributed by atoms with Gasteiger partial charge in [0.2, 0.25) is 5.88 Å². The fourth-order valence-corrected chi connectivity index (χ4v) is 2.35. The van der Waals surface area contributed by atoms with Crippen LogP contribution in [0.2, 0.25) is 0 Å². The Kier molecular flexibility index (Phi) is 6.49. The van der Waals surface area contributed by atoms with Gasteiger partial charge in [0.25, 0.3) is 0 Å². The van der Waals surface area contributed by atoms with Crippen molar-refractivity contribution in [2.75, 3.05) is 33.3 Å². The zero-order chi connectivity index (χ0) is 15.1. The van der Waals surface area contributed by atoms with Crippen molar-refractivity contribution >= 4 is 0 Å². The lowest BCUT2D eigenvalue weighted by Crippen LogP contribution is -2.33. The van der Waals surface area contributed by atoms with Gasteiger partial charge in [-0.05, 0) is 20.0 Å². The third-order valence-electron chi connectivity index (χ3n) is 3.50. The SMILES string of the molecule is CCN(CC)CCNC(C#N)c1c(C)nn(C)c1OC. The van der Waals surface area contributed by atoms with Gasteiger partial charge in [-0.3, -0.25) is 5.32 Å². The highest BCUT2D eigenvalue weighted by Gasteiger charge is 2.22. The van der Waals surface area contributed by atoms with Crippen LogP contribution in [0.3, 0.4) is 0 Å². The minimum absolute atomic E-state index is 0.394. The average molecular weight is 279 g/mol. The predicted molar refractivity (Wildman–Crippen MR) is 78.6 cm³/mol. The number of hydrogen-bond donors (Lipinski definition) is 1. The molecular weight excluding hydrogens is 254 g/mol. The summed E-state index contributed by atoms with van der Waals surface area (Å²) in [5, 5.41) is 17.0. The second-order valence-electron chi connectivity index (χ2n) is 4.68. The number of rotatable bonds is 8. The Hall–Kier alpha value is -1.58. The molecule has 0 aliphatic heterocycles. The minimum Gasteiger partial charge on any atom is -0.481 e. The highest BCUT2D eigenvalue weighted by molar-refractivity contribution is 5.37. The first-order chi connectivity index (χ1) is 9.58. The molecule has 0 radical (unpaired) electrons. The molecule has 0 saturated heterocycles. The zero-order valence-electron chi connectivity index (χ0n) is 13.1. The number of aromatic nitrogens is 2. The van der Waals surface area contributed by atoms with Gasteiger partial charge in [-0.25, -0.2) is 4.68 Å². The van der Waals surface area contributed by atoms with Crippen molar-refractivity contribution in [3.05, 3.63) is 11.3 Å². The monoisotopic (exact) mass is 279 g/mol. The predicted octanol–water partition coefficient (Wildman–Crippen LogP) is 1.23. The first-order valence-corrected chi connectivity index (χ1v) is 7.01. The van der Waals surface area contributed by atoms with Crippen LogP contribution in [0.4, 0.5) is 0 Å². The number of nitrogens with one attached hydrogen (secondary N) is 1. The molecular formula is C14H25N5O. The largest absolute Gasteiger partial charge is 0.481 e. The number of nitriles is 1. The van der Waals surface area contributed by atoms with Crippen LogP contribution in [0, 0.1) is 18.3 Å². The normalized spacial score (nSPS) is 12.4. The molecule has 1 N–H and O–H groups in total. The van der Waals surface area contributed by atoms with E-state index in [2.05, 4.69) is 35.2 Å². The fraction of sp³-hybridized carbons (Fsp3) is 0.714. The van der Waals surface area contributed by atoms with Crippen molar-refractivity contribution in [2.24, 2.45) is 7.05 Å². The molecule has 0 spiro atoms. The molecule has 1 unspecified atom stereocenters. The maximum absolute atomic E-state index is 9.39. The standard InChI is InChI=1S/C14H25N5O/c1-6-19(7-2)9-8-16-12(10-15)13-11(3)17-18(4)14(13)20-5/h12,16H,6-9H2,1-5H3. The summed E-state index contributed by atoms with van der Waals surface area (Å²) in [5.41, 5.74) is 1.66. The third kappa shape index (κ3) is 3.71. The molecule has 1 heterocycles. The number of ether oxygens (including phenoxy) is 1. The Balaban J connectivity index is 2.75. The number of likely N-dealkylation sites (N-methyl/N-ethyl adjacent to an activating group) is 1. The van der Waals surface area contributed by atoms with Gasteiger partial charge in [-0.1, -0.05) is 13.8 Å². The van der Waals surface area contributed by atoms with Gasteiger partial charge in [0, 0.05) is 20.1 Å². The topological polar surface area (TPSA) is 66.1 Å². The van der Waals surface area contributed by atoms with E-state index in [0.29, 0.717) is 5.88 Å². The van der Waals surface area contributed by atoms with Gasteiger partial charge in [0.05, 0.1) is 24.4 Å². The van der Waals surface area contributed by atoms with Crippen molar-refractivity contribution in [1.29, 1.82) is 5.26 Å². The average Bonchev–Trinajstić information content (AvgIpc) is 2.73. The van der Waals surface area contributed by atoms with E-state index in [-0.39, 0.29) is 0 Å². The number of aryl methyl sites for hydroxylation is 2. The molecule has 1 rings (SSSR count). The Bertz CT molecular complexity index is 459. The Morgan fingerprint density at radius 2 is 2.10 bits per heavy atom. The summed E-state index contributed by atoms with van der Waals surface area (Å²) in [5.74, 6) is 0.643. The molecule has 0 amide bonds. The molecule has 112 valence electrons. The smallest absolute Gasteiger partial charge is 0.217 e. The first-order valence-electron chi connectivity index (χ1n) is 7.01. The van der Waals surface area contributed by atoms with Crippen LogP contribution < -0.4 is 10.1 Å². The maximum Gasteiger partial charge on any atom is 0.217 e. The van der Waals surface area contributed by atoms with E-state index in [1.54, 1.807) is 11.8 Å². The van der Waals surface area contributed by atoms with Gasteiger partial charge in [0.1, 0.15) is 6.04 Å². The van der Waals surface area contributed by atoms with Crippen molar-refractivity contribution in [3.8, 4) is 11.9 Å². The van der Waals surface area contributed by atoms with Gasteiger partial charge < -0.3 is 9.64 Å². The van der Waals surface area contributed by atoms with Crippen molar-refractivity contribution < 1.29 is 4.74 Å². The van der Waals surface area contributed by atoms with E-state index < -0.39 is 6.04 Å². The lowest BCUT2D eigenvalue weighted by Gasteiger charge is -2.19. The summed E-state index contributed by atoms with van der Waals surface area (Å²) in [4.78, 5) is 2.31. The summed E-state index contributed by atoms with van der Waals surface area (Å²) in [6, 6.07) is 1.90. The van der Waals surface area contributed by atoms with Crippen molar-refractivity contribution in [3.63, 3.8) is 0 Å². The number of hydrogen-bond acceptors (Lipinski definition) is 5. The Labute approximate surface area is 121 Å². The highest BCUT2D eigenvalue weighted by atomic mass is 16.5. The molecule has 20 heavy (non-hydrogen) atoms. The number of methoxy groups -OCH3 is 1. The van der Waals surface area contributed by atoms with Crippen LogP contribution in [-0.2, 0) is 7.05 Å². The fourth-order valence-electron chi connectivity index (χ4n) is 2.35. The molecule has 0 aromatic carbocycles. The Morgan fingerprint density at radius 1 is 1.45 bits per heavy atom. The van der Waals surface area contributed by atoms with Crippen LogP contribution in [0.1, 0.15) is 31.1 Å². The quantitative estimate of drug-likeness (QED) is 0.775. The van der Waals surface area contributed by atoms with Crippen LogP contribution >= 0.6 is 0 Å². The van der Waals surface area contributed by atoms with E-state index in [1.807, 2.05) is 14.0 Å². The first kappa shape index (κ1) is 16.5. The lowest BCUT2D eigenvalue weighted by atomic mass is 10.1. The summed E-state index contributed by atoms with van der Waals surface area (Å²) >= 11 is 0. The molecule has 1 aromatic rings. The molecule has 0 fully saturated rings. The van der Waals surface area contributed by atoms with Crippen LogP contribution in [-0.4, -0.2) is 48.0 Å². The maximum atomic E-state index is 9.39. The summed E-state index contributed by atoms with van der Waals surface area (Å²) in [6.07, 6.45) is 0. The van der Waals surface area contributed by atoms with Gasteiger partial charge in [-0.2, -0.15) is 10.4 Å². The second kappa shape index (κ2) is 7.88. The highest BCUT2D eigenvalue weighted by Crippen LogP contribution is 2.27. The molecule has 6 nitrogen and oxygen atoms in total. The second-order valence-corrected chi connectivity index (χ2v) is 4.68. The van der Waals surface area contributed by atoms with Crippen LogP contribution in [0.15, 0.2) is 0 Å².